The first-order chi connectivity index (χ1) is 13.5. The molecule has 0 aliphatic heterocycles. The highest BCUT2D eigenvalue weighted by atomic mass is 127. The Balaban J connectivity index is 0.00000420. The molecule has 0 radical (unpaired) electrons. The SMILES string of the molecule is CCNC(=NCc1ccc(OC)c(OC)c1OC)NCC(C)(O)c1ccsc1.I. The largest absolute Gasteiger partial charge is 0.493 e. The molecule has 1 aromatic carbocycles. The number of hydrogen-bond donors (Lipinski definition) is 3. The van der Waals surface area contributed by atoms with E-state index in [0.29, 0.717) is 42.8 Å². The first-order valence-corrected chi connectivity index (χ1v) is 9.96. The molecule has 0 fully saturated rings. The summed E-state index contributed by atoms with van der Waals surface area (Å²) < 4.78 is 16.3. The van der Waals surface area contributed by atoms with Crippen LogP contribution in [-0.4, -0.2) is 45.5 Å². The standard InChI is InChI=1S/C20H29N3O4S.HI/c1-6-21-19(23-13-20(2,24)15-9-10-28-12-15)22-11-14-7-8-16(25-3)18(27-5)17(14)26-4;/h7-10,12,24H,6,11,13H2,1-5H3,(H2,21,22,23);1H. The Morgan fingerprint density at radius 3 is 2.38 bits per heavy atom. The molecule has 2 rings (SSSR count). The van der Waals surface area contributed by atoms with Crippen molar-refractivity contribution in [1.29, 1.82) is 0 Å². The first-order valence-electron chi connectivity index (χ1n) is 9.01. The van der Waals surface area contributed by atoms with Gasteiger partial charge in [-0.2, -0.15) is 11.3 Å². The quantitative estimate of drug-likeness (QED) is 0.260. The summed E-state index contributed by atoms with van der Waals surface area (Å²) in [5, 5.41) is 21.0. The lowest BCUT2D eigenvalue weighted by Crippen LogP contribution is -2.44. The van der Waals surface area contributed by atoms with Gasteiger partial charge in [-0.25, -0.2) is 4.99 Å². The maximum absolute atomic E-state index is 10.7. The lowest BCUT2D eigenvalue weighted by Gasteiger charge is -2.24. The first kappa shape index (κ1) is 25.3. The number of rotatable bonds is 9. The van der Waals surface area contributed by atoms with Crippen molar-refractivity contribution in [3.8, 4) is 17.2 Å². The van der Waals surface area contributed by atoms with Crippen LogP contribution in [0.2, 0.25) is 0 Å². The van der Waals surface area contributed by atoms with Crippen molar-refractivity contribution in [2.45, 2.75) is 26.0 Å². The Hall–Kier alpha value is -1.72. The van der Waals surface area contributed by atoms with Crippen LogP contribution in [0.15, 0.2) is 34.0 Å². The van der Waals surface area contributed by atoms with Crippen molar-refractivity contribution in [2.75, 3.05) is 34.4 Å². The number of nitrogens with one attached hydrogen (secondary N) is 2. The molecule has 1 unspecified atom stereocenters. The number of ether oxygens (including phenoxy) is 3. The minimum absolute atomic E-state index is 0. The van der Waals surface area contributed by atoms with Gasteiger partial charge in [0.1, 0.15) is 5.60 Å². The average Bonchev–Trinajstić information content (AvgIpc) is 3.25. The van der Waals surface area contributed by atoms with Gasteiger partial charge >= 0.3 is 0 Å². The maximum Gasteiger partial charge on any atom is 0.203 e. The van der Waals surface area contributed by atoms with Crippen LogP contribution in [0.25, 0.3) is 0 Å². The summed E-state index contributed by atoms with van der Waals surface area (Å²) in [6, 6.07) is 5.65. The summed E-state index contributed by atoms with van der Waals surface area (Å²) in [7, 11) is 4.75. The molecule has 9 heteroatoms. The zero-order chi connectivity index (χ0) is 20.6. The van der Waals surface area contributed by atoms with Gasteiger partial charge in [0.15, 0.2) is 17.5 Å². The topological polar surface area (TPSA) is 84.3 Å². The number of thiophene rings is 1. The zero-order valence-electron chi connectivity index (χ0n) is 17.4. The van der Waals surface area contributed by atoms with Crippen LogP contribution in [0.4, 0.5) is 0 Å². The normalized spacial score (nSPS) is 13.1. The van der Waals surface area contributed by atoms with Crippen LogP contribution in [0, 0.1) is 0 Å². The Morgan fingerprint density at radius 1 is 1.10 bits per heavy atom. The van der Waals surface area contributed by atoms with Crippen LogP contribution in [0.5, 0.6) is 17.2 Å². The number of methoxy groups -OCH3 is 3. The molecule has 0 saturated carbocycles. The number of benzene rings is 1. The molecule has 1 heterocycles. The van der Waals surface area contributed by atoms with Crippen LogP contribution >= 0.6 is 35.3 Å². The average molecular weight is 535 g/mol. The van der Waals surface area contributed by atoms with Crippen molar-refractivity contribution in [3.05, 3.63) is 40.1 Å². The Labute approximate surface area is 193 Å². The van der Waals surface area contributed by atoms with Gasteiger partial charge in [0.25, 0.3) is 0 Å². The van der Waals surface area contributed by atoms with Crippen molar-refractivity contribution >= 4 is 41.3 Å². The molecule has 0 aliphatic rings. The minimum Gasteiger partial charge on any atom is -0.493 e. The van der Waals surface area contributed by atoms with Gasteiger partial charge in [0.2, 0.25) is 5.75 Å². The highest BCUT2D eigenvalue weighted by molar-refractivity contribution is 14.0. The van der Waals surface area contributed by atoms with Gasteiger partial charge < -0.3 is 30.0 Å². The number of halogens is 1. The summed E-state index contributed by atoms with van der Waals surface area (Å²) in [6.07, 6.45) is 0. The molecule has 0 saturated heterocycles. The molecule has 3 N–H and O–H groups in total. The second-order valence-electron chi connectivity index (χ2n) is 6.33. The van der Waals surface area contributed by atoms with Crippen molar-refractivity contribution in [1.82, 2.24) is 10.6 Å². The Kier molecular flexibility index (Phi) is 10.5. The summed E-state index contributed by atoms with van der Waals surface area (Å²) in [5.41, 5.74) is 0.751. The fourth-order valence-corrected chi connectivity index (χ4v) is 3.51. The van der Waals surface area contributed by atoms with E-state index in [4.69, 9.17) is 14.2 Å². The molecule has 0 spiro atoms. The number of aliphatic imine (C=N–C) groups is 1. The van der Waals surface area contributed by atoms with E-state index in [1.54, 1.807) is 39.6 Å². The van der Waals surface area contributed by atoms with Crippen LogP contribution in [0.3, 0.4) is 0 Å². The van der Waals surface area contributed by atoms with Crippen LogP contribution in [-0.2, 0) is 12.1 Å². The second kappa shape index (κ2) is 12.1. The van der Waals surface area contributed by atoms with Gasteiger partial charge in [0, 0.05) is 12.1 Å². The van der Waals surface area contributed by atoms with Gasteiger partial charge in [0.05, 0.1) is 34.4 Å². The van der Waals surface area contributed by atoms with E-state index >= 15 is 0 Å². The zero-order valence-corrected chi connectivity index (χ0v) is 20.6. The van der Waals surface area contributed by atoms with E-state index in [-0.39, 0.29) is 24.0 Å². The molecule has 0 amide bonds. The monoisotopic (exact) mass is 535 g/mol. The predicted octanol–water partition coefficient (Wildman–Crippen LogP) is 3.35. The molecular weight excluding hydrogens is 505 g/mol. The maximum atomic E-state index is 10.7. The van der Waals surface area contributed by atoms with Crippen molar-refractivity contribution in [2.24, 2.45) is 4.99 Å². The molecule has 0 aliphatic carbocycles. The second-order valence-corrected chi connectivity index (χ2v) is 7.11. The third kappa shape index (κ3) is 6.65. The number of nitrogens with zero attached hydrogens (tertiary/aromatic N) is 1. The van der Waals surface area contributed by atoms with Crippen molar-refractivity contribution in [3.63, 3.8) is 0 Å². The summed E-state index contributed by atoms with van der Waals surface area (Å²) in [5.74, 6) is 2.33. The van der Waals surface area contributed by atoms with Crippen LogP contribution < -0.4 is 24.8 Å². The number of guanidine groups is 1. The summed E-state index contributed by atoms with van der Waals surface area (Å²) in [4.78, 5) is 4.62. The molecule has 162 valence electrons. The lowest BCUT2D eigenvalue weighted by molar-refractivity contribution is 0.0621. The smallest absolute Gasteiger partial charge is 0.203 e. The van der Waals surface area contributed by atoms with E-state index in [1.807, 2.05) is 35.9 Å². The highest BCUT2D eigenvalue weighted by Crippen LogP contribution is 2.39. The van der Waals surface area contributed by atoms with Gasteiger partial charge in [-0.1, -0.05) is 0 Å². The summed E-state index contributed by atoms with van der Waals surface area (Å²) in [6.45, 7) is 5.18. The van der Waals surface area contributed by atoms with Crippen LogP contribution in [0.1, 0.15) is 25.0 Å². The Bertz CT molecular complexity index is 782. The third-order valence-corrected chi connectivity index (χ3v) is 4.96. The molecular formula is C20H30IN3O4S. The number of hydrogen-bond acceptors (Lipinski definition) is 6. The minimum atomic E-state index is -0.989. The molecule has 1 aromatic heterocycles. The van der Waals surface area contributed by atoms with Gasteiger partial charge in [-0.3, -0.25) is 0 Å². The van der Waals surface area contributed by atoms with E-state index in [1.165, 1.54) is 0 Å². The van der Waals surface area contributed by atoms with E-state index in [2.05, 4.69) is 15.6 Å². The van der Waals surface area contributed by atoms with Crippen molar-refractivity contribution < 1.29 is 19.3 Å². The van der Waals surface area contributed by atoms with Gasteiger partial charge in [-0.15, -0.1) is 24.0 Å². The summed E-state index contributed by atoms with van der Waals surface area (Å²) >= 11 is 1.56. The molecule has 7 nitrogen and oxygen atoms in total. The molecule has 1 atom stereocenters. The fraction of sp³-hybridized carbons (Fsp3) is 0.450. The molecule has 29 heavy (non-hydrogen) atoms. The van der Waals surface area contributed by atoms with E-state index in [9.17, 15) is 5.11 Å². The predicted molar refractivity (Wildman–Crippen MR) is 128 cm³/mol. The highest BCUT2D eigenvalue weighted by Gasteiger charge is 2.23. The molecule has 0 bridgehead atoms. The van der Waals surface area contributed by atoms with Gasteiger partial charge in [-0.05, 0) is 48.4 Å². The van der Waals surface area contributed by atoms with E-state index < -0.39 is 5.60 Å². The Morgan fingerprint density at radius 2 is 1.83 bits per heavy atom. The number of aliphatic hydroxyl groups is 1. The fourth-order valence-electron chi connectivity index (χ4n) is 2.72. The lowest BCUT2D eigenvalue weighted by atomic mass is 9.99. The molecule has 2 aromatic rings. The van der Waals surface area contributed by atoms with E-state index in [0.717, 1.165) is 11.1 Å². The third-order valence-electron chi connectivity index (χ3n) is 4.28.